The molecule has 6 heteroatoms. The second-order valence-corrected chi connectivity index (χ2v) is 5.45. The topological polar surface area (TPSA) is 50.7 Å². The maximum Gasteiger partial charge on any atom is 0.275 e. The number of carbonyl (C=O) groups excluding carboxylic acids is 1. The summed E-state index contributed by atoms with van der Waals surface area (Å²) in [6.07, 6.45) is 1.61. The van der Waals surface area contributed by atoms with Crippen LogP contribution in [0.3, 0.4) is 0 Å². The summed E-state index contributed by atoms with van der Waals surface area (Å²) in [7, 11) is 1.52. The molecule has 0 aliphatic heterocycles. The molecule has 1 heterocycles. The fraction of sp³-hybridized carbons (Fsp3) is 0.0769. The monoisotopic (exact) mass is 338 g/mol. The van der Waals surface area contributed by atoms with Crippen molar-refractivity contribution in [3.05, 3.63) is 50.6 Å². The van der Waals surface area contributed by atoms with Gasteiger partial charge in [-0.05, 0) is 29.6 Å². The zero-order chi connectivity index (χ0) is 13.7. The predicted octanol–water partition coefficient (Wildman–Crippen LogP) is 3.28. The summed E-state index contributed by atoms with van der Waals surface area (Å²) in [5, 5.41) is 5.85. The van der Waals surface area contributed by atoms with Gasteiger partial charge in [-0.3, -0.25) is 4.79 Å². The van der Waals surface area contributed by atoms with Crippen LogP contribution in [-0.2, 0) is 0 Å². The highest BCUT2D eigenvalue weighted by Gasteiger charge is 2.11. The lowest BCUT2D eigenvalue weighted by Crippen LogP contribution is -2.18. The highest BCUT2D eigenvalue weighted by molar-refractivity contribution is 9.10. The molecule has 1 aromatic carbocycles. The molecule has 4 nitrogen and oxygen atoms in total. The number of thiophene rings is 1. The molecule has 19 heavy (non-hydrogen) atoms. The molecule has 0 bridgehead atoms. The fourth-order valence-corrected chi connectivity index (χ4v) is 2.36. The molecular weight excluding hydrogens is 328 g/mol. The maximum absolute atomic E-state index is 11.9. The minimum atomic E-state index is -0.308. The Hall–Kier alpha value is -1.66. The lowest BCUT2D eigenvalue weighted by Gasteiger charge is -2.07. The van der Waals surface area contributed by atoms with Gasteiger partial charge in [0.05, 0.1) is 18.9 Å². The molecule has 98 valence electrons. The third-order valence-corrected chi connectivity index (χ3v) is 3.61. The first kappa shape index (κ1) is 13.8. The van der Waals surface area contributed by atoms with Crippen LogP contribution in [-0.4, -0.2) is 19.2 Å². The van der Waals surface area contributed by atoms with Gasteiger partial charge in [-0.15, -0.1) is 11.3 Å². The first-order valence-corrected chi connectivity index (χ1v) is 7.08. The van der Waals surface area contributed by atoms with Crippen LogP contribution in [0.25, 0.3) is 0 Å². The number of benzene rings is 1. The van der Waals surface area contributed by atoms with E-state index in [9.17, 15) is 4.79 Å². The lowest BCUT2D eigenvalue weighted by atomic mass is 10.2. The van der Waals surface area contributed by atoms with Crippen LogP contribution in [0.4, 0.5) is 0 Å². The molecule has 0 fully saturated rings. The van der Waals surface area contributed by atoms with Crippen LogP contribution in [0.2, 0.25) is 0 Å². The Morgan fingerprint density at radius 3 is 3.00 bits per heavy atom. The Balaban J connectivity index is 2.08. The molecule has 0 atom stereocenters. The number of nitrogens with zero attached hydrogens (tertiary/aromatic N) is 1. The van der Waals surface area contributed by atoms with Crippen LogP contribution in [0.15, 0.2) is 45.3 Å². The number of hydrazone groups is 1. The first-order valence-electron chi connectivity index (χ1n) is 5.41. The van der Waals surface area contributed by atoms with Crippen molar-refractivity contribution in [2.75, 3.05) is 7.11 Å². The second kappa shape index (κ2) is 6.49. The minimum Gasteiger partial charge on any atom is -0.496 e. The molecule has 2 rings (SSSR count). The van der Waals surface area contributed by atoms with E-state index in [-0.39, 0.29) is 5.91 Å². The van der Waals surface area contributed by atoms with E-state index in [2.05, 4.69) is 26.5 Å². The molecule has 0 spiro atoms. The highest BCUT2D eigenvalue weighted by Crippen LogP contribution is 2.23. The molecule has 1 aromatic heterocycles. The van der Waals surface area contributed by atoms with E-state index in [0.29, 0.717) is 11.3 Å². The molecule has 1 amide bonds. The van der Waals surface area contributed by atoms with Crippen LogP contribution >= 0.6 is 27.3 Å². The van der Waals surface area contributed by atoms with E-state index in [1.807, 2.05) is 17.5 Å². The molecule has 1 N–H and O–H groups in total. The molecule has 0 saturated heterocycles. The van der Waals surface area contributed by atoms with Crippen molar-refractivity contribution >= 4 is 39.4 Å². The highest BCUT2D eigenvalue weighted by atomic mass is 79.9. The van der Waals surface area contributed by atoms with Crippen molar-refractivity contribution < 1.29 is 9.53 Å². The fourth-order valence-electron chi connectivity index (χ4n) is 1.43. The average molecular weight is 339 g/mol. The Kier molecular flexibility index (Phi) is 4.70. The zero-order valence-electron chi connectivity index (χ0n) is 10.1. The number of halogens is 1. The third kappa shape index (κ3) is 3.65. The van der Waals surface area contributed by atoms with Crippen molar-refractivity contribution in [3.8, 4) is 5.75 Å². The second-order valence-electron chi connectivity index (χ2n) is 3.56. The summed E-state index contributed by atoms with van der Waals surface area (Å²) >= 11 is 4.87. The third-order valence-electron chi connectivity index (χ3n) is 2.31. The molecular formula is C13H11BrN2O2S. The standard InChI is InChI=1S/C13H11BrN2O2S/c1-18-12-7-9(14)4-5-11(12)13(17)16-15-8-10-3-2-6-19-10/h2-8H,1H3,(H,16,17)/b15-8+. The largest absolute Gasteiger partial charge is 0.496 e. The lowest BCUT2D eigenvalue weighted by molar-refractivity contribution is 0.0952. The van der Waals surface area contributed by atoms with E-state index in [0.717, 1.165) is 9.35 Å². The van der Waals surface area contributed by atoms with Crippen molar-refractivity contribution in [2.24, 2.45) is 5.10 Å². The maximum atomic E-state index is 11.9. The van der Waals surface area contributed by atoms with Gasteiger partial charge >= 0.3 is 0 Å². The molecule has 0 radical (unpaired) electrons. The number of carbonyl (C=O) groups is 1. The number of rotatable bonds is 4. The normalized spacial score (nSPS) is 10.6. The SMILES string of the molecule is COc1cc(Br)ccc1C(=O)N/N=C/c1cccs1. The zero-order valence-corrected chi connectivity index (χ0v) is 12.5. The molecule has 0 aliphatic carbocycles. The van der Waals surface area contributed by atoms with Crippen molar-refractivity contribution in [1.29, 1.82) is 0 Å². The molecule has 2 aromatic rings. The van der Waals surface area contributed by atoms with Crippen molar-refractivity contribution in [3.63, 3.8) is 0 Å². The van der Waals surface area contributed by atoms with Crippen LogP contribution < -0.4 is 10.2 Å². The van der Waals surface area contributed by atoms with Crippen molar-refractivity contribution in [2.45, 2.75) is 0 Å². The number of ether oxygens (including phenoxy) is 1. The Morgan fingerprint density at radius 2 is 2.32 bits per heavy atom. The van der Waals surface area contributed by atoms with Crippen LogP contribution in [0, 0.1) is 0 Å². The summed E-state index contributed by atoms with van der Waals surface area (Å²) in [6, 6.07) is 9.03. The van der Waals surface area contributed by atoms with Gasteiger partial charge in [0.15, 0.2) is 0 Å². The van der Waals surface area contributed by atoms with Gasteiger partial charge < -0.3 is 4.74 Å². The van der Waals surface area contributed by atoms with E-state index in [4.69, 9.17) is 4.74 Å². The number of methoxy groups -OCH3 is 1. The van der Waals surface area contributed by atoms with E-state index >= 15 is 0 Å². The molecule has 0 unspecified atom stereocenters. The Labute approximate surface area is 123 Å². The summed E-state index contributed by atoms with van der Waals surface area (Å²) in [6.45, 7) is 0. The van der Waals surface area contributed by atoms with Gasteiger partial charge in [0.2, 0.25) is 0 Å². The number of hydrogen-bond acceptors (Lipinski definition) is 4. The van der Waals surface area contributed by atoms with Gasteiger partial charge in [0.25, 0.3) is 5.91 Å². The minimum absolute atomic E-state index is 0.308. The summed E-state index contributed by atoms with van der Waals surface area (Å²) in [5.74, 6) is 0.190. The summed E-state index contributed by atoms with van der Waals surface area (Å²) in [5.41, 5.74) is 2.91. The van der Waals surface area contributed by atoms with Gasteiger partial charge in [0.1, 0.15) is 5.75 Å². The first-order chi connectivity index (χ1) is 9.20. The van der Waals surface area contributed by atoms with E-state index < -0.39 is 0 Å². The Morgan fingerprint density at radius 1 is 1.47 bits per heavy atom. The van der Waals surface area contributed by atoms with Gasteiger partial charge in [-0.2, -0.15) is 5.10 Å². The van der Waals surface area contributed by atoms with Gasteiger partial charge in [-0.1, -0.05) is 22.0 Å². The molecule has 0 saturated carbocycles. The number of nitrogens with one attached hydrogen (secondary N) is 1. The quantitative estimate of drug-likeness (QED) is 0.687. The molecule has 0 aliphatic rings. The summed E-state index contributed by atoms with van der Waals surface area (Å²) in [4.78, 5) is 12.9. The number of amides is 1. The van der Waals surface area contributed by atoms with Crippen LogP contribution in [0.1, 0.15) is 15.2 Å². The number of hydrogen-bond donors (Lipinski definition) is 1. The summed E-state index contributed by atoms with van der Waals surface area (Å²) < 4.78 is 6.01. The smallest absolute Gasteiger partial charge is 0.275 e. The van der Waals surface area contributed by atoms with Gasteiger partial charge in [0, 0.05) is 9.35 Å². The Bertz CT molecular complexity index is 597. The predicted molar refractivity (Wildman–Crippen MR) is 80.1 cm³/mol. The van der Waals surface area contributed by atoms with E-state index in [1.165, 1.54) is 7.11 Å². The van der Waals surface area contributed by atoms with Gasteiger partial charge in [-0.25, -0.2) is 5.43 Å². The van der Waals surface area contributed by atoms with Crippen LogP contribution in [0.5, 0.6) is 5.75 Å². The average Bonchev–Trinajstić information content (AvgIpc) is 2.91. The van der Waals surface area contributed by atoms with E-state index in [1.54, 1.807) is 35.8 Å². The van der Waals surface area contributed by atoms with Crippen molar-refractivity contribution in [1.82, 2.24) is 5.43 Å².